The molecule has 0 aliphatic rings. The fourth-order valence-corrected chi connectivity index (χ4v) is 1.02. The number of hydrogen-bond donors (Lipinski definition) is 0. The van der Waals surface area contributed by atoms with Crippen molar-refractivity contribution < 1.29 is 9.59 Å². The Morgan fingerprint density at radius 2 is 2.25 bits per heavy atom. The van der Waals surface area contributed by atoms with E-state index in [4.69, 9.17) is 11.6 Å². The SMILES string of the molecule is O=[C]CC(=O)c1cccc(Cl)c1. The zero-order valence-corrected chi connectivity index (χ0v) is 6.97. The van der Waals surface area contributed by atoms with Crippen LogP contribution in [0.3, 0.4) is 0 Å². The number of rotatable bonds is 3. The molecule has 1 rings (SSSR count). The van der Waals surface area contributed by atoms with E-state index in [1.165, 1.54) is 6.07 Å². The summed E-state index contributed by atoms with van der Waals surface area (Å²) in [5.74, 6) is -0.257. The zero-order valence-electron chi connectivity index (χ0n) is 6.21. The summed E-state index contributed by atoms with van der Waals surface area (Å²) in [6.07, 6.45) is 1.33. The molecule has 12 heavy (non-hydrogen) atoms. The van der Waals surface area contributed by atoms with Crippen molar-refractivity contribution in [2.45, 2.75) is 6.42 Å². The lowest BCUT2D eigenvalue weighted by Gasteiger charge is -1.95. The molecule has 0 atom stereocenters. The van der Waals surface area contributed by atoms with E-state index in [1.54, 1.807) is 24.5 Å². The maximum Gasteiger partial charge on any atom is 0.206 e. The van der Waals surface area contributed by atoms with Crippen molar-refractivity contribution in [1.82, 2.24) is 0 Å². The fraction of sp³-hybridized carbons (Fsp3) is 0.111. The van der Waals surface area contributed by atoms with Gasteiger partial charge in [-0.1, -0.05) is 23.7 Å². The topological polar surface area (TPSA) is 34.1 Å². The van der Waals surface area contributed by atoms with E-state index in [1.807, 2.05) is 0 Å². The van der Waals surface area contributed by atoms with Gasteiger partial charge in [0.15, 0.2) is 5.78 Å². The van der Waals surface area contributed by atoms with Crippen LogP contribution in [-0.4, -0.2) is 12.1 Å². The first-order valence-electron chi connectivity index (χ1n) is 3.38. The molecule has 2 nitrogen and oxygen atoms in total. The molecular formula is C9H6ClO2. The summed E-state index contributed by atoms with van der Waals surface area (Å²) < 4.78 is 0. The molecule has 0 spiro atoms. The number of Topliss-reactive ketones (excluding diaryl/α,β-unsaturated/α-hetero) is 1. The third-order valence-corrected chi connectivity index (χ3v) is 1.61. The smallest absolute Gasteiger partial charge is 0.206 e. The Kier molecular flexibility index (Phi) is 3.00. The van der Waals surface area contributed by atoms with Crippen LogP contribution in [0.25, 0.3) is 0 Å². The van der Waals surface area contributed by atoms with Crippen molar-refractivity contribution in [2.24, 2.45) is 0 Å². The second kappa shape index (κ2) is 4.02. The lowest BCUT2D eigenvalue weighted by Crippen LogP contribution is -1.98. The fourth-order valence-electron chi connectivity index (χ4n) is 0.830. The zero-order chi connectivity index (χ0) is 8.97. The molecule has 0 saturated heterocycles. The standard InChI is InChI=1S/C9H6ClO2/c10-8-3-1-2-7(6-8)9(12)4-5-11/h1-3,6H,4H2. The largest absolute Gasteiger partial charge is 0.294 e. The van der Waals surface area contributed by atoms with E-state index in [0.29, 0.717) is 10.6 Å². The molecule has 0 aliphatic heterocycles. The highest BCUT2D eigenvalue weighted by Crippen LogP contribution is 2.11. The Morgan fingerprint density at radius 3 is 2.83 bits per heavy atom. The predicted molar refractivity (Wildman–Crippen MR) is 46.1 cm³/mol. The van der Waals surface area contributed by atoms with Crippen LogP contribution in [0.1, 0.15) is 16.8 Å². The second-order valence-corrected chi connectivity index (χ2v) is 2.69. The number of carbonyl (C=O) groups is 1. The average molecular weight is 182 g/mol. The van der Waals surface area contributed by atoms with E-state index in [9.17, 15) is 9.59 Å². The average Bonchev–Trinajstić information content (AvgIpc) is 2.05. The van der Waals surface area contributed by atoms with Gasteiger partial charge in [-0.25, -0.2) is 0 Å². The minimum absolute atomic E-state index is 0.208. The molecule has 0 heterocycles. The molecule has 0 unspecified atom stereocenters. The van der Waals surface area contributed by atoms with Gasteiger partial charge in [0.1, 0.15) is 0 Å². The Morgan fingerprint density at radius 1 is 1.50 bits per heavy atom. The van der Waals surface area contributed by atoms with Crippen molar-refractivity contribution in [3.05, 3.63) is 34.9 Å². The maximum atomic E-state index is 11.1. The number of hydrogen-bond acceptors (Lipinski definition) is 2. The van der Waals surface area contributed by atoms with Gasteiger partial charge >= 0.3 is 0 Å². The summed E-state index contributed by atoms with van der Waals surface area (Å²) in [5, 5.41) is 0.492. The highest BCUT2D eigenvalue weighted by atomic mass is 35.5. The monoisotopic (exact) mass is 181 g/mol. The minimum Gasteiger partial charge on any atom is -0.294 e. The molecule has 3 heteroatoms. The summed E-state index contributed by atoms with van der Waals surface area (Å²) in [6.45, 7) is 0. The summed E-state index contributed by atoms with van der Waals surface area (Å²) in [5.41, 5.74) is 0.450. The van der Waals surface area contributed by atoms with E-state index in [2.05, 4.69) is 0 Å². The van der Waals surface area contributed by atoms with Crippen LogP contribution in [0.2, 0.25) is 5.02 Å². The summed E-state index contributed by atoms with van der Waals surface area (Å²) >= 11 is 5.64. The number of benzene rings is 1. The molecule has 0 fully saturated rings. The number of carbonyl (C=O) groups excluding carboxylic acids is 2. The molecule has 0 aromatic heterocycles. The van der Waals surface area contributed by atoms with E-state index < -0.39 is 0 Å². The van der Waals surface area contributed by atoms with Crippen LogP contribution in [0, 0.1) is 0 Å². The Labute approximate surface area is 75.2 Å². The van der Waals surface area contributed by atoms with E-state index >= 15 is 0 Å². The van der Waals surface area contributed by atoms with Crippen LogP contribution in [-0.2, 0) is 4.79 Å². The third kappa shape index (κ3) is 2.17. The Hall–Kier alpha value is -1.15. The highest BCUT2D eigenvalue weighted by Gasteiger charge is 2.04. The molecular weight excluding hydrogens is 176 g/mol. The van der Waals surface area contributed by atoms with Gasteiger partial charge in [-0.15, -0.1) is 0 Å². The lowest BCUT2D eigenvalue weighted by molar-refractivity contribution is 0.1000. The molecule has 61 valence electrons. The molecule has 0 bridgehead atoms. The molecule has 1 radical (unpaired) electrons. The Bertz CT molecular complexity index is 307. The van der Waals surface area contributed by atoms with Crippen LogP contribution < -0.4 is 0 Å². The first-order chi connectivity index (χ1) is 5.74. The summed E-state index contributed by atoms with van der Waals surface area (Å²) in [6, 6.07) is 6.48. The van der Waals surface area contributed by atoms with Crippen molar-refractivity contribution in [3.8, 4) is 0 Å². The summed E-state index contributed by atoms with van der Waals surface area (Å²) in [4.78, 5) is 21.0. The van der Waals surface area contributed by atoms with Gasteiger partial charge in [0, 0.05) is 10.6 Å². The van der Waals surface area contributed by atoms with Crippen molar-refractivity contribution in [1.29, 1.82) is 0 Å². The van der Waals surface area contributed by atoms with Crippen LogP contribution >= 0.6 is 11.6 Å². The molecule has 0 N–H and O–H groups in total. The predicted octanol–water partition coefficient (Wildman–Crippen LogP) is 2.02. The van der Waals surface area contributed by atoms with Crippen molar-refractivity contribution in [2.75, 3.05) is 0 Å². The van der Waals surface area contributed by atoms with Gasteiger partial charge < -0.3 is 0 Å². The second-order valence-electron chi connectivity index (χ2n) is 2.25. The van der Waals surface area contributed by atoms with Crippen LogP contribution in [0.4, 0.5) is 0 Å². The van der Waals surface area contributed by atoms with Crippen LogP contribution in [0.15, 0.2) is 24.3 Å². The molecule has 1 aromatic rings. The van der Waals surface area contributed by atoms with Gasteiger partial charge in [0.25, 0.3) is 0 Å². The number of halogens is 1. The first kappa shape index (κ1) is 8.94. The van der Waals surface area contributed by atoms with Gasteiger partial charge in [-0.3, -0.25) is 9.59 Å². The van der Waals surface area contributed by atoms with Gasteiger partial charge in [0.2, 0.25) is 6.29 Å². The van der Waals surface area contributed by atoms with Gasteiger partial charge in [-0.2, -0.15) is 0 Å². The van der Waals surface area contributed by atoms with Crippen molar-refractivity contribution >= 4 is 23.7 Å². The summed E-state index contributed by atoms with van der Waals surface area (Å²) in [7, 11) is 0. The van der Waals surface area contributed by atoms with E-state index in [0.717, 1.165) is 0 Å². The highest BCUT2D eigenvalue weighted by molar-refractivity contribution is 6.31. The molecule has 0 aliphatic carbocycles. The Balaban J connectivity index is 2.87. The molecule has 1 aromatic carbocycles. The minimum atomic E-state index is -0.257. The lowest BCUT2D eigenvalue weighted by atomic mass is 10.1. The van der Waals surface area contributed by atoms with Gasteiger partial charge in [0.05, 0.1) is 6.42 Å². The van der Waals surface area contributed by atoms with Gasteiger partial charge in [-0.05, 0) is 12.1 Å². The third-order valence-electron chi connectivity index (χ3n) is 1.38. The first-order valence-corrected chi connectivity index (χ1v) is 3.75. The molecule has 0 amide bonds. The quantitative estimate of drug-likeness (QED) is 0.528. The van der Waals surface area contributed by atoms with E-state index in [-0.39, 0.29) is 12.2 Å². The number of ketones is 1. The normalized spacial score (nSPS) is 9.42. The molecule has 0 saturated carbocycles. The van der Waals surface area contributed by atoms with Crippen molar-refractivity contribution in [3.63, 3.8) is 0 Å². The maximum absolute atomic E-state index is 11.1. The van der Waals surface area contributed by atoms with Crippen LogP contribution in [0.5, 0.6) is 0 Å².